The lowest BCUT2D eigenvalue weighted by Crippen LogP contribution is -2.07. The van der Waals surface area contributed by atoms with Gasteiger partial charge >= 0.3 is 5.97 Å². The van der Waals surface area contributed by atoms with Crippen LogP contribution in [-0.2, 0) is 20.4 Å². The standard InChI is InChI=1S/C14H10ClFO4S/c15-21(18,19)13-7-11(6-12(16)8-13)14(17)20-9-10-4-2-1-3-5-10/h1-8H,9H2. The minimum absolute atomic E-state index is 0.000848. The lowest BCUT2D eigenvalue weighted by atomic mass is 10.2. The van der Waals surface area contributed by atoms with Gasteiger partial charge in [0.2, 0.25) is 0 Å². The molecule has 110 valence electrons. The topological polar surface area (TPSA) is 60.4 Å². The Kier molecular flexibility index (Phi) is 4.59. The lowest BCUT2D eigenvalue weighted by molar-refractivity contribution is 0.0472. The Labute approximate surface area is 125 Å². The Bertz CT molecular complexity index is 760. The van der Waals surface area contributed by atoms with E-state index in [4.69, 9.17) is 15.4 Å². The number of esters is 1. The monoisotopic (exact) mass is 328 g/mol. The molecule has 21 heavy (non-hydrogen) atoms. The number of ether oxygens (including phenoxy) is 1. The van der Waals surface area contributed by atoms with Crippen LogP contribution in [0.25, 0.3) is 0 Å². The summed E-state index contributed by atoms with van der Waals surface area (Å²) in [4.78, 5) is 11.3. The SMILES string of the molecule is O=C(OCc1ccccc1)c1cc(F)cc(S(=O)(=O)Cl)c1. The fourth-order valence-electron chi connectivity index (χ4n) is 1.63. The maximum absolute atomic E-state index is 13.4. The third kappa shape index (κ3) is 4.27. The van der Waals surface area contributed by atoms with Gasteiger partial charge in [0.05, 0.1) is 10.5 Å². The van der Waals surface area contributed by atoms with Gasteiger partial charge in [-0.15, -0.1) is 0 Å². The van der Waals surface area contributed by atoms with Crippen LogP contribution in [0.3, 0.4) is 0 Å². The number of carbonyl (C=O) groups is 1. The molecule has 0 saturated heterocycles. The summed E-state index contributed by atoms with van der Waals surface area (Å²) in [6.45, 7) is -0.000848. The highest BCUT2D eigenvalue weighted by molar-refractivity contribution is 8.13. The third-order valence-corrected chi connectivity index (χ3v) is 3.93. The first-order valence-corrected chi connectivity index (χ1v) is 8.13. The average molecular weight is 329 g/mol. The summed E-state index contributed by atoms with van der Waals surface area (Å²) in [5, 5.41) is 0. The smallest absolute Gasteiger partial charge is 0.338 e. The van der Waals surface area contributed by atoms with E-state index in [2.05, 4.69) is 0 Å². The summed E-state index contributed by atoms with van der Waals surface area (Å²) >= 11 is 0. The molecule has 0 unspecified atom stereocenters. The van der Waals surface area contributed by atoms with Gasteiger partial charge < -0.3 is 4.74 Å². The van der Waals surface area contributed by atoms with Crippen molar-refractivity contribution in [2.75, 3.05) is 0 Å². The van der Waals surface area contributed by atoms with Crippen LogP contribution in [-0.4, -0.2) is 14.4 Å². The highest BCUT2D eigenvalue weighted by Gasteiger charge is 2.17. The molecular weight excluding hydrogens is 319 g/mol. The van der Waals surface area contributed by atoms with E-state index < -0.39 is 25.7 Å². The van der Waals surface area contributed by atoms with E-state index in [1.165, 1.54) is 0 Å². The molecule has 0 N–H and O–H groups in total. The van der Waals surface area contributed by atoms with Crippen LogP contribution in [0.15, 0.2) is 53.4 Å². The van der Waals surface area contributed by atoms with E-state index in [0.717, 1.165) is 23.8 Å². The van der Waals surface area contributed by atoms with Crippen molar-refractivity contribution in [2.45, 2.75) is 11.5 Å². The van der Waals surface area contributed by atoms with Crippen molar-refractivity contribution in [3.05, 3.63) is 65.5 Å². The van der Waals surface area contributed by atoms with E-state index in [1.54, 1.807) is 24.3 Å². The molecule has 0 atom stereocenters. The number of hydrogen-bond acceptors (Lipinski definition) is 4. The molecule has 0 amide bonds. The first-order chi connectivity index (χ1) is 9.86. The highest BCUT2D eigenvalue weighted by Crippen LogP contribution is 2.19. The Morgan fingerprint density at radius 3 is 2.43 bits per heavy atom. The van der Waals surface area contributed by atoms with E-state index in [9.17, 15) is 17.6 Å². The second-order valence-electron chi connectivity index (χ2n) is 4.18. The van der Waals surface area contributed by atoms with Gasteiger partial charge in [0, 0.05) is 10.7 Å². The first-order valence-electron chi connectivity index (χ1n) is 5.82. The van der Waals surface area contributed by atoms with Crippen molar-refractivity contribution in [3.63, 3.8) is 0 Å². The predicted molar refractivity (Wildman–Crippen MR) is 75.0 cm³/mol. The predicted octanol–water partition coefficient (Wildman–Crippen LogP) is 3.11. The van der Waals surface area contributed by atoms with Crippen LogP contribution in [0.1, 0.15) is 15.9 Å². The molecule has 0 aliphatic heterocycles. The van der Waals surface area contributed by atoms with Gasteiger partial charge in [-0.1, -0.05) is 30.3 Å². The average Bonchev–Trinajstić information content (AvgIpc) is 2.44. The zero-order chi connectivity index (χ0) is 15.5. The van der Waals surface area contributed by atoms with Crippen LogP contribution < -0.4 is 0 Å². The quantitative estimate of drug-likeness (QED) is 0.639. The molecule has 7 heteroatoms. The molecule has 2 aromatic carbocycles. The van der Waals surface area contributed by atoms with E-state index in [0.29, 0.717) is 0 Å². The van der Waals surface area contributed by atoms with E-state index in [-0.39, 0.29) is 12.2 Å². The summed E-state index contributed by atoms with van der Waals surface area (Å²) in [5.74, 6) is -1.72. The van der Waals surface area contributed by atoms with Crippen LogP contribution in [0.5, 0.6) is 0 Å². The number of rotatable bonds is 4. The van der Waals surface area contributed by atoms with Gasteiger partial charge in [0.1, 0.15) is 12.4 Å². The Morgan fingerprint density at radius 1 is 1.14 bits per heavy atom. The molecule has 0 aliphatic carbocycles. The Morgan fingerprint density at radius 2 is 1.81 bits per heavy atom. The number of carbonyl (C=O) groups excluding carboxylic acids is 1. The molecule has 0 fully saturated rings. The number of hydrogen-bond donors (Lipinski definition) is 0. The molecule has 2 rings (SSSR count). The minimum atomic E-state index is -4.12. The lowest BCUT2D eigenvalue weighted by Gasteiger charge is -2.06. The summed E-state index contributed by atoms with van der Waals surface area (Å²) in [7, 11) is 1.01. The maximum Gasteiger partial charge on any atom is 0.338 e. The van der Waals surface area contributed by atoms with Crippen molar-refractivity contribution >= 4 is 25.7 Å². The second-order valence-corrected chi connectivity index (χ2v) is 6.74. The largest absolute Gasteiger partial charge is 0.457 e. The van der Waals surface area contributed by atoms with Gasteiger partial charge in [-0.05, 0) is 23.8 Å². The van der Waals surface area contributed by atoms with Crippen LogP contribution in [0, 0.1) is 5.82 Å². The molecule has 0 radical (unpaired) electrons. The maximum atomic E-state index is 13.4. The first kappa shape index (κ1) is 15.5. The molecule has 0 saturated carbocycles. The number of halogens is 2. The van der Waals surface area contributed by atoms with Crippen molar-refractivity contribution in [1.29, 1.82) is 0 Å². The molecule has 2 aromatic rings. The van der Waals surface area contributed by atoms with Crippen LogP contribution in [0.2, 0.25) is 0 Å². The normalized spacial score (nSPS) is 11.1. The zero-order valence-electron chi connectivity index (χ0n) is 10.6. The molecule has 0 spiro atoms. The van der Waals surface area contributed by atoms with Crippen LogP contribution in [0.4, 0.5) is 4.39 Å². The van der Waals surface area contributed by atoms with E-state index in [1.807, 2.05) is 6.07 Å². The van der Waals surface area contributed by atoms with Crippen molar-refractivity contribution in [3.8, 4) is 0 Å². The van der Waals surface area contributed by atoms with Crippen molar-refractivity contribution < 1.29 is 22.3 Å². The molecule has 0 heterocycles. The highest BCUT2D eigenvalue weighted by atomic mass is 35.7. The van der Waals surface area contributed by atoms with Gasteiger partial charge in [-0.2, -0.15) is 0 Å². The molecule has 0 aromatic heterocycles. The second kappa shape index (κ2) is 6.24. The van der Waals surface area contributed by atoms with E-state index >= 15 is 0 Å². The van der Waals surface area contributed by atoms with Gasteiger partial charge in [0.15, 0.2) is 0 Å². The molecule has 4 nitrogen and oxygen atoms in total. The Balaban J connectivity index is 2.18. The summed E-state index contributed by atoms with van der Waals surface area (Å²) in [6, 6.07) is 11.5. The summed E-state index contributed by atoms with van der Waals surface area (Å²) in [6.07, 6.45) is 0. The summed E-state index contributed by atoms with van der Waals surface area (Å²) in [5.41, 5.74) is 0.539. The number of benzene rings is 2. The third-order valence-electron chi connectivity index (χ3n) is 2.60. The summed E-state index contributed by atoms with van der Waals surface area (Å²) < 4.78 is 40.7. The fourth-order valence-corrected chi connectivity index (χ4v) is 2.42. The van der Waals surface area contributed by atoms with Gasteiger partial charge in [0.25, 0.3) is 9.05 Å². The minimum Gasteiger partial charge on any atom is -0.457 e. The molecule has 0 aliphatic rings. The molecular formula is C14H10ClFO4S. The fraction of sp³-hybridized carbons (Fsp3) is 0.0714. The van der Waals surface area contributed by atoms with Gasteiger partial charge in [-0.3, -0.25) is 0 Å². The Hall–Kier alpha value is -1.92. The van der Waals surface area contributed by atoms with Gasteiger partial charge in [-0.25, -0.2) is 17.6 Å². The molecule has 0 bridgehead atoms. The zero-order valence-corrected chi connectivity index (χ0v) is 12.2. The van der Waals surface area contributed by atoms with Crippen molar-refractivity contribution in [2.24, 2.45) is 0 Å². The van der Waals surface area contributed by atoms with Crippen LogP contribution >= 0.6 is 10.7 Å². The van der Waals surface area contributed by atoms with Crippen molar-refractivity contribution in [1.82, 2.24) is 0 Å².